The topological polar surface area (TPSA) is 45.2 Å². The van der Waals surface area contributed by atoms with Gasteiger partial charge in [0.05, 0.1) is 10.7 Å². The maximum atomic E-state index is 12.8. The van der Waals surface area contributed by atoms with Gasteiger partial charge in [-0.05, 0) is 24.3 Å². The molecule has 1 aromatic carbocycles. The van der Waals surface area contributed by atoms with Crippen LogP contribution in [-0.4, -0.2) is 42.0 Å². The van der Waals surface area contributed by atoms with Crippen LogP contribution in [0.2, 0.25) is 0 Å². The largest absolute Gasteiger partial charge is 0.337 e. The van der Waals surface area contributed by atoms with Crippen LogP contribution in [0.1, 0.15) is 25.9 Å². The maximum Gasteiger partial charge on any atom is 0.265 e. The summed E-state index contributed by atoms with van der Waals surface area (Å²) in [5.41, 5.74) is 2.11. The number of nitrogens with zero attached hydrogens (tertiary/aromatic N) is 2. The molecule has 4 nitrogen and oxygen atoms in total. The fraction of sp³-hybridized carbons (Fsp3) is 0.444. The highest BCUT2D eigenvalue weighted by molar-refractivity contribution is 7.13. The van der Waals surface area contributed by atoms with Gasteiger partial charge in [0.2, 0.25) is 0 Å². The monoisotopic (exact) mass is 399 g/mol. The Kier molecular flexibility index (Phi) is 6.86. The maximum absolute atomic E-state index is 12.8. The first-order chi connectivity index (χ1) is 11.2. The predicted molar refractivity (Wildman–Crippen MR) is 106 cm³/mol. The summed E-state index contributed by atoms with van der Waals surface area (Å²) in [6.07, 6.45) is 0.800. The van der Waals surface area contributed by atoms with Gasteiger partial charge in [-0.2, -0.15) is 0 Å². The zero-order valence-electron chi connectivity index (χ0n) is 14.1. The van der Waals surface area contributed by atoms with Crippen LogP contribution in [0.25, 0.3) is 0 Å². The Morgan fingerprint density at radius 1 is 1.20 bits per heavy atom. The molecule has 0 unspecified atom stereocenters. The number of carbonyl (C=O) groups is 1. The summed E-state index contributed by atoms with van der Waals surface area (Å²) in [5, 5.41) is 4.44. The van der Waals surface area contributed by atoms with Crippen LogP contribution in [0.5, 0.6) is 0 Å². The van der Waals surface area contributed by atoms with E-state index in [1.165, 1.54) is 5.56 Å². The van der Waals surface area contributed by atoms with Gasteiger partial charge < -0.3 is 10.2 Å². The van der Waals surface area contributed by atoms with E-state index in [4.69, 9.17) is 0 Å². The van der Waals surface area contributed by atoms with Crippen molar-refractivity contribution in [3.05, 3.63) is 51.5 Å². The first-order valence-electron chi connectivity index (χ1n) is 8.21. The predicted octanol–water partition coefficient (Wildman–Crippen LogP) is 3.18. The van der Waals surface area contributed by atoms with E-state index in [0.29, 0.717) is 11.8 Å². The number of benzene rings is 1. The summed E-state index contributed by atoms with van der Waals surface area (Å²) < 4.78 is 0. The summed E-state index contributed by atoms with van der Waals surface area (Å²) in [5.74, 6) is 1.45. The fourth-order valence-electron chi connectivity index (χ4n) is 3.66. The molecule has 1 aromatic heterocycles. The van der Waals surface area contributed by atoms with E-state index in [1.54, 1.807) is 11.3 Å². The molecule has 2 aliphatic heterocycles. The second-order valence-electron chi connectivity index (χ2n) is 6.57. The van der Waals surface area contributed by atoms with Crippen molar-refractivity contribution in [3.8, 4) is 0 Å². The Bertz CT molecular complexity index is 710. The van der Waals surface area contributed by atoms with Crippen molar-refractivity contribution >= 4 is 42.1 Å². The van der Waals surface area contributed by atoms with Crippen molar-refractivity contribution in [2.75, 3.05) is 26.2 Å². The van der Waals surface area contributed by atoms with Gasteiger partial charge in [-0.25, -0.2) is 4.98 Å². The molecule has 3 heterocycles. The first kappa shape index (κ1) is 20.2. The Morgan fingerprint density at radius 2 is 1.84 bits per heavy atom. The summed E-state index contributed by atoms with van der Waals surface area (Å²) in [4.78, 5) is 20.3. The lowest BCUT2D eigenvalue weighted by atomic mass is 10.0. The number of aryl methyl sites for hydroxylation is 1. The fourth-order valence-corrected chi connectivity index (χ4v) is 4.73. The lowest BCUT2D eigenvalue weighted by Gasteiger charge is -2.16. The Labute approximate surface area is 164 Å². The third-order valence-electron chi connectivity index (χ3n) is 4.91. The zero-order valence-corrected chi connectivity index (χ0v) is 16.6. The van der Waals surface area contributed by atoms with Gasteiger partial charge in [-0.3, -0.25) is 4.79 Å². The highest BCUT2D eigenvalue weighted by atomic mass is 35.5. The second kappa shape index (κ2) is 8.49. The molecule has 25 heavy (non-hydrogen) atoms. The molecule has 0 aliphatic carbocycles. The first-order valence-corrected chi connectivity index (χ1v) is 9.02. The number of halogens is 2. The summed E-state index contributed by atoms with van der Waals surface area (Å²) >= 11 is 1.56. The average molecular weight is 400 g/mol. The number of aromatic nitrogens is 1. The lowest BCUT2D eigenvalue weighted by molar-refractivity contribution is 0.0785. The van der Waals surface area contributed by atoms with Crippen LogP contribution in [0.4, 0.5) is 0 Å². The molecule has 0 radical (unpaired) electrons. The number of hydrogen-bond donors (Lipinski definition) is 1. The highest BCUT2D eigenvalue weighted by Gasteiger charge is 2.39. The van der Waals surface area contributed by atoms with Crippen molar-refractivity contribution in [1.29, 1.82) is 0 Å². The molecule has 2 atom stereocenters. The molecule has 2 aliphatic rings. The molecule has 1 N–H and O–H groups in total. The average Bonchev–Trinajstić information content (AvgIpc) is 3.22. The van der Waals surface area contributed by atoms with E-state index in [0.717, 1.165) is 48.2 Å². The van der Waals surface area contributed by atoms with Crippen LogP contribution >= 0.6 is 36.2 Å². The third-order valence-corrected chi connectivity index (χ3v) is 6.06. The van der Waals surface area contributed by atoms with Gasteiger partial charge in [0.25, 0.3) is 5.91 Å². The van der Waals surface area contributed by atoms with Crippen LogP contribution in [0, 0.1) is 18.8 Å². The zero-order chi connectivity index (χ0) is 15.8. The number of likely N-dealkylation sites (tertiary alicyclic amines) is 1. The number of carbonyl (C=O) groups excluding carboxylic acids is 1. The van der Waals surface area contributed by atoms with Crippen LogP contribution in [0.15, 0.2) is 30.3 Å². The van der Waals surface area contributed by atoms with Crippen molar-refractivity contribution < 1.29 is 4.79 Å². The van der Waals surface area contributed by atoms with Crippen molar-refractivity contribution in [1.82, 2.24) is 15.2 Å². The lowest BCUT2D eigenvalue weighted by Crippen LogP contribution is -2.31. The molecule has 2 fully saturated rings. The number of rotatable bonds is 3. The smallest absolute Gasteiger partial charge is 0.265 e. The van der Waals surface area contributed by atoms with Gasteiger partial charge in [-0.1, -0.05) is 30.3 Å². The third kappa shape index (κ3) is 4.17. The van der Waals surface area contributed by atoms with Crippen LogP contribution in [0.3, 0.4) is 0 Å². The summed E-state index contributed by atoms with van der Waals surface area (Å²) in [7, 11) is 0. The van der Waals surface area contributed by atoms with E-state index < -0.39 is 0 Å². The minimum absolute atomic E-state index is 0. The molecule has 0 spiro atoms. The summed E-state index contributed by atoms with van der Waals surface area (Å²) in [6, 6.07) is 10.3. The quantitative estimate of drug-likeness (QED) is 0.861. The van der Waals surface area contributed by atoms with Crippen LogP contribution in [-0.2, 0) is 6.42 Å². The van der Waals surface area contributed by atoms with Crippen molar-refractivity contribution in [2.45, 2.75) is 13.3 Å². The van der Waals surface area contributed by atoms with Gasteiger partial charge >= 0.3 is 0 Å². The molecule has 4 rings (SSSR count). The number of amides is 1. The number of nitrogens with one attached hydrogen (secondary N) is 1. The standard InChI is InChI=1S/C18H21N3OS.2ClH/c1-12-17(18(22)21-10-14-8-19-9-15(14)11-21)23-16(20-12)7-13-5-3-2-4-6-13;;/h2-6,14-15,19H,7-11H2,1H3;2*1H/t14-,15+;;. The molecule has 0 saturated carbocycles. The highest BCUT2D eigenvalue weighted by Crippen LogP contribution is 2.29. The van der Waals surface area contributed by atoms with E-state index >= 15 is 0 Å². The normalized spacial score (nSPS) is 21.4. The summed E-state index contributed by atoms with van der Waals surface area (Å²) in [6.45, 7) is 5.84. The van der Waals surface area contributed by atoms with Gasteiger partial charge in [0.1, 0.15) is 4.88 Å². The molecule has 136 valence electrons. The van der Waals surface area contributed by atoms with E-state index in [2.05, 4.69) is 22.4 Å². The molecular weight excluding hydrogens is 377 g/mol. The Morgan fingerprint density at radius 3 is 2.48 bits per heavy atom. The Balaban J connectivity index is 0.00000113. The minimum atomic E-state index is 0. The van der Waals surface area contributed by atoms with Crippen molar-refractivity contribution in [2.24, 2.45) is 11.8 Å². The van der Waals surface area contributed by atoms with E-state index in [9.17, 15) is 4.79 Å². The van der Waals surface area contributed by atoms with Gasteiger partial charge in [0, 0.05) is 32.6 Å². The number of fused-ring (bicyclic) bond motifs is 1. The molecule has 7 heteroatoms. The number of hydrogen-bond acceptors (Lipinski definition) is 4. The molecular formula is C18H23Cl2N3OS. The van der Waals surface area contributed by atoms with Gasteiger partial charge in [0.15, 0.2) is 0 Å². The molecule has 2 aromatic rings. The van der Waals surface area contributed by atoms with Crippen molar-refractivity contribution in [3.63, 3.8) is 0 Å². The SMILES string of the molecule is Cc1nc(Cc2ccccc2)sc1C(=O)N1C[C@H]2CNC[C@H]2C1.Cl.Cl. The van der Waals surface area contributed by atoms with Crippen LogP contribution < -0.4 is 5.32 Å². The van der Waals surface area contributed by atoms with E-state index in [1.807, 2.05) is 30.0 Å². The molecule has 1 amide bonds. The van der Waals surface area contributed by atoms with E-state index in [-0.39, 0.29) is 30.7 Å². The number of thiazole rings is 1. The molecule has 2 saturated heterocycles. The second-order valence-corrected chi connectivity index (χ2v) is 7.66. The molecule has 0 bridgehead atoms. The van der Waals surface area contributed by atoms with Gasteiger partial charge in [-0.15, -0.1) is 36.2 Å². The Hall–Kier alpha value is -1.14. The minimum Gasteiger partial charge on any atom is -0.337 e.